The number of nitrogens with one attached hydrogen (secondary N) is 1. The highest BCUT2D eigenvalue weighted by Gasteiger charge is 2.10. The summed E-state index contributed by atoms with van der Waals surface area (Å²) < 4.78 is 0. The van der Waals surface area contributed by atoms with E-state index in [0.29, 0.717) is 6.42 Å². The Bertz CT molecular complexity index is 1210. The van der Waals surface area contributed by atoms with Gasteiger partial charge in [0.15, 0.2) is 5.82 Å². The predicted molar refractivity (Wildman–Crippen MR) is 136 cm³/mol. The lowest BCUT2D eigenvalue weighted by Gasteiger charge is -2.11. The van der Waals surface area contributed by atoms with Crippen molar-refractivity contribution in [3.05, 3.63) is 108 Å². The number of rotatable bonds is 6. The van der Waals surface area contributed by atoms with Gasteiger partial charge in [0.25, 0.3) is 0 Å². The van der Waals surface area contributed by atoms with Crippen LogP contribution < -0.4 is 5.32 Å². The van der Waals surface area contributed by atoms with Crippen LogP contribution in [-0.2, 0) is 6.42 Å². The first kappa shape index (κ1) is 24.9. The van der Waals surface area contributed by atoms with Crippen LogP contribution in [0, 0.1) is 0 Å². The van der Waals surface area contributed by atoms with Crippen molar-refractivity contribution in [1.82, 2.24) is 15.2 Å². The summed E-state index contributed by atoms with van der Waals surface area (Å²) in [6, 6.07) is 20.2. The quantitative estimate of drug-likeness (QED) is 0.245. The van der Waals surface area contributed by atoms with Gasteiger partial charge in [-0.3, -0.25) is 4.98 Å². The molecule has 2 N–H and O–H groups in total. The van der Waals surface area contributed by atoms with Crippen molar-refractivity contribution in [2.45, 2.75) is 13.3 Å². The highest BCUT2D eigenvalue weighted by atomic mass is 35.5. The zero-order valence-corrected chi connectivity index (χ0v) is 19.1. The van der Waals surface area contributed by atoms with Crippen molar-refractivity contribution in [2.24, 2.45) is 0 Å². The summed E-state index contributed by atoms with van der Waals surface area (Å²) in [5.41, 5.74) is 4.87. The van der Waals surface area contributed by atoms with Gasteiger partial charge in [-0.1, -0.05) is 48.6 Å². The van der Waals surface area contributed by atoms with Gasteiger partial charge in [0.2, 0.25) is 0 Å². The molecule has 0 aliphatic carbocycles. The number of fused-ring (bicyclic) bond motifs is 1. The molecule has 0 aliphatic heterocycles. The predicted octanol–water partition coefficient (Wildman–Crippen LogP) is 6.68. The number of pyridine rings is 1. The molecule has 2 aromatic carbocycles. The molecule has 0 aliphatic rings. The van der Waals surface area contributed by atoms with E-state index in [4.69, 9.17) is 5.11 Å². The third-order valence-electron chi connectivity index (χ3n) is 4.80. The van der Waals surface area contributed by atoms with Gasteiger partial charge in [-0.25, -0.2) is 0 Å². The Morgan fingerprint density at radius 1 is 0.906 bits per heavy atom. The van der Waals surface area contributed by atoms with Gasteiger partial charge in [-0.15, -0.1) is 29.9 Å². The number of anilines is 2. The van der Waals surface area contributed by atoms with Crippen LogP contribution in [0.4, 0.5) is 11.5 Å². The number of aliphatic hydroxyl groups is 1. The van der Waals surface area contributed by atoms with E-state index in [2.05, 4.69) is 32.6 Å². The molecule has 0 bridgehead atoms. The van der Waals surface area contributed by atoms with Crippen LogP contribution in [-0.4, -0.2) is 20.3 Å². The molecular weight excluding hydrogens is 443 g/mol. The first-order valence-corrected chi connectivity index (χ1v) is 9.72. The van der Waals surface area contributed by atoms with E-state index in [0.717, 1.165) is 50.9 Å². The first-order chi connectivity index (χ1) is 14.7. The third-order valence-corrected chi connectivity index (χ3v) is 4.80. The van der Waals surface area contributed by atoms with Crippen LogP contribution in [0.15, 0.2) is 91.0 Å². The minimum Gasteiger partial charge on any atom is -0.515 e. The van der Waals surface area contributed by atoms with Crippen LogP contribution in [0.3, 0.4) is 0 Å². The molecule has 4 aromatic rings. The normalized spacial score (nSPS) is 11.1. The molecule has 0 atom stereocenters. The lowest BCUT2D eigenvalue weighted by Crippen LogP contribution is -2.02. The van der Waals surface area contributed by atoms with Crippen molar-refractivity contribution in [2.75, 3.05) is 5.32 Å². The van der Waals surface area contributed by atoms with Crippen LogP contribution in [0.1, 0.15) is 23.7 Å². The van der Waals surface area contributed by atoms with Crippen LogP contribution in [0.5, 0.6) is 0 Å². The summed E-state index contributed by atoms with van der Waals surface area (Å²) in [5, 5.41) is 23.4. The first-order valence-electron chi connectivity index (χ1n) is 9.72. The summed E-state index contributed by atoms with van der Waals surface area (Å²) in [6.07, 6.45) is 9.20. The van der Waals surface area contributed by atoms with E-state index in [1.165, 1.54) is 0 Å². The molecule has 164 valence electrons. The van der Waals surface area contributed by atoms with Gasteiger partial charge >= 0.3 is 0 Å². The zero-order valence-electron chi connectivity index (χ0n) is 17.5. The molecule has 0 radical (unpaired) electrons. The van der Waals surface area contributed by atoms with Crippen LogP contribution >= 0.6 is 24.8 Å². The summed E-state index contributed by atoms with van der Waals surface area (Å²) in [5.74, 6) is 0.728. The van der Waals surface area contributed by atoms with Crippen molar-refractivity contribution in [3.63, 3.8) is 0 Å². The number of nitrogens with zero attached hydrogens (tertiary/aromatic N) is 3. The molecule has 2 aromatic heterocycles. The van der Waals surface area contributed by atoms with Gasteiger partial charge in [0.05, 0.1) is 12.0 Å². The maximum atomic E-state index is 8.97. The van der Waals surface area contributed by atoms with Crippen LogP contribution in [0.25, 0.3) is 16.8 Å². The largest absolute Gasteiger partial charge is 0.515 e. The maximum absolute atomic E-state index is 8.97. The van der Waals surface area contributed by atoms with Crippen molar-refractivity contribution in [3.8, 4) is 0 Å². The van der Waals surface area contributed by atoms with E-state index in [1.807, 2.05) is 67.6 Å². The van der Waals surface area contributed by atoms with Crippen molar-refractivity contribution < 1.29 is 5.11 Å². The lowest BCUT2D eigenvalue weighted by molar-refractivity contribution is 0.469. The topological polar surface area (TPSA) is 70.9 Å². The zero-order chi connectivity index (χ0) is 20.8. The SMILES string of the molecule is CC(/C=C/c1ccc(Nc2nnc(Cc3ccncc3)c3ccccc23)cc1)=C\O.Cl.Cl. The van der Waals surface area contributed by atoms with E-state index in [-0.39, 0.29) is 24.8 Å². The van der Waals surface area contributed by atoms with E-state index in [1.54, 1.807) is 12.4 Å². The number of hydrogen-bond acceptors (Lipinski definition) is 5. The molecule has 32 heavy (non-hydrogen) atoms. The number of benzene rings is 2. The fourth-order valence-electron chi connectivity index (χ4n) is 3.16. The van der Waals surface area contributed by atoms with E-state index >= 15 is 0 Å². The summed E-state index contributed by atoms with van der Waals surface area (Å²) >= 11 is 0. The highest BCUT2D eigenvalue weighted by Crippen LogP contribution is 2.27. The average molecular weight is 467 g/mol. The Labute approximate surface area is 199 Å². The Balaban J connectivity index is 0.00000181. The third kappa shape index (κ3) is 6.06. The number of halogens is 2. The molecule has 0 unspecified atom stereocenters. The monoisotopic (exact) mass is 466 g/mol. The summed E-state index contributed by atoms with van der Waals surface area (Å²) in [4.78, 5) is 4.08. The molecule has 0 saturated carbocycles. The summed E-state index contributed by atoms with van der Waals surface area (Å²) in [7, 11) is 0. The molecule has 0 amide bonds. The molecule has 2 heterocycles. The highest BCUT2D eigenvalue weighted by molar-refractivity contribution is 5.94. The van der Waals surface area contributed by atoms with Gasteiger partial charge in [-0.2, -0.15) is 5.10 Å². The fraction of sp³-hybridized carbons (Fsp3) is 0.0800. The summed E-state index contributed by atoms with van der Waals surface area (Å²) in [6.45, 7) is 1.84. The number of aromatic nitrogens is 3. The van der Waals surface area contributed by atoms with Gasteiger partial charge in [0, 0.05) is 35.3 Å². The Morgan fingerprint density at radius 2 is 1.59 bits per heavy atom. The lowest BCUT2D eigenvalue weighted by atomic mass is 10.0. The molecular formula is C25H24Cl2N4O. The molecule has 4 rings (SSSR count). The molecule has 0 spiro atoms. The Morgan fingerprint density at radius 3 is 2.28 bits per heavy atom. The van der Waals surface area contributed by atoms with Gasteiger partial charge < -0.3 is 10.4 Å². The minimum absolute atomic E-state index is 0. The second-order valence-electron chi connectivity index (χ2n) is 7.03. The Kier molecular flexibility index (Phi) is 9.20. The second kappa shape index (κ2) is 11.8. The number of aliphatic hydroxyl groups excluding tert-OH is 1. The van der Waals surface area contributed by atoms with Gasteiger partial charge in [-0.05, 0) is 47.9 Å². The average Bonchev–Trinajstić information content (AvgIpc) is 2.80. The smallest absolute Gasteiger partial charge is 0.160 e. The standard InChI is InChI=1S/C25H22N4O.2ClH/c1-18(17-30)6-7-19-8-10-21(11-9-19)27-25-23-5-3-2-4-22(23)24(28-29-25)16-20-12-14-26-15-13-20;;/h2-15,17,30H,16H2,1H3,(H,27,29);2*1H/b7-6+,18-17+;;. The molecule has 7 heteroatoms. The second-order valence-corrected chi connectivity index (χ2v) is 7.03. The van der Waals surface area contributed by atoms with E-state index < -0.39 is 0 Å². The minimum atomic E-state index is 0. The number of hydrogen-bond donors (Lipinski definition) is 2. The molecule has 0 saturated heterocycles. The van der Waals surface area contributed by atoms with Crippen molar-refractivity contribution >= 4 is 53.2 Å². The van der Waals surface area contributed by atoms with Crippen molar-refractivity contribution in [1.29, 1.82) is 0 Å². The van der Waals surface area contributed by atoms with Crippen LogP contribution in [0.2, 0.25) is 0 Å². The number of allylic oxidation sites excluding steroid dienone is 2. The van der Waals surface area contributed by atoms with E-state index in [9.17, 15) is 0 Å². The fourth-order valence-corrected chi connectivity index (χ4v) is 3.16. The Hall–Kier alpha value is -3.41. The van der Waals surface area contributed by atoms with Gasteiger partial charge in [0.1, 0.15) is 0 Å². The maximum Gasteiger partial charge on any atom is 0.160 e. The molecule has 5 nitrogen and oxygen atoms in total. The molecule has 0 fully saturated rings.